The third-order valence-electron chi connectivity index (χ3n) is 2.38. The van der Waals surface area contributed by atoms with Crippen LogP contribution in [0.25, 0.3) is 0 Å². The average Bonchev–Trinajstić information content (AvgIpc) is 2.38. The van der Waals surface area contributed by atoms with Crippen LogP contribution in [0.5, 0.6) is 5.75 Å². The Morgan fingerprint density at radius 3 is 2.65 bits per heavy atom. The van der Waals surface area contributed by atoms with Gasteiger partial charge in [0.25, 0.3) is 0 Å². The minimum absolute atomic E-state index is 0.740. The van der Waals surface area contributed by atoms with Crippen LogP contribution in [-0.2, 0) is 11.3 Å². The van der Waals surface area contributed by atoms with Crippen LogP contribution in [0.15, 0.2) is 36.9 Å². The summed E-state index contributed by atoms with van der Waals surface area (Å²) in [5.74, 6) is 0.890. The van der Waals surface area contributed by atoms with Gasteiger partial charge in [-0.15, -0.1) is 6.58 Å². The lowest BCUT2D eigenvalue weighted by Gasteiger charge is -2.06. The Hall–Kier alpha value is -1.32. The highest BCUT2D eigenvalue weighted by Gasteiger charge is 1.94. The first-order valence-electron chi connectivity index (χ1n) is 5.89. The van der Waals surface area contributed by atoms with Gasteiger partial charge in [-0.2, -0.15) is 0 Å². The van der Waals surface area contributed by atoms with Crippen molar-refractivity contribution in [2.24, 2.45) is 0 Å². The third-order valence-corrected chi connectivity index (χ3v) is 2.38. The highest BCUT2D eigenvalue weighted by atomic mass is 16.5. The summed E-state index contributed by atoms with van der Waals surface area (Å²) in [4.78, 5) is 0. The maximum Gasteiger partial charge on any atom is 0.118 e. The zero-order valence-electron chi connectivity index (χ0n) is 10.4. The van der Waals surface area contributed by atoms with E-state index in [-0.39, 0.29) is 0 Å². The molecule has 0 fully saturated rings. The lowest BCUT2D eigenvalue weighted by atomic mass is 10.2. The lowest BCUT2D eigenvalue weighted by Crippen LogP contribution is -2.19. The molecule has 1 N–H and O–H groups in total. The fourth-order valence-corrected chi connectivity index (χ4v) is 1.39. The number of hydrogen-bond acceptors (Lipinski definition) is 3. The van der Waals surface area contributed by atoms with Gasteiger partial charge in [-0.3, -0.25) is 0 Å². The SMILES string of the molecule is C=CCCOCCNCc1ccc(OC)cc1. The molecule has 0 unspecified atom stereocenters. The fraction of sp³-hybridized carbons (Fsp3) is 0.429. The second kappa shape index (κ2) is 8.79. The van der Waals surface area contributed by atoms with E-state index in [1.54, 1.807) is 7.11 Å². The number of methoxy groups -OCH3 is 1. The van der Waals surface area contributed by atoms with Crippen LogP contribution in [0.3, 0.4) is 0 Å². The van der Waals surface area contributed by atoms with Crippen molar-refractivity contribution in [1.29, 1.82) is 0 Å². The number of nitrogens with one attached hydrogen (secondary N) is 1. The van der Waals surface area contributed by atoms with Crippen molar-refractivity contribution in [3.63, 3.8) is 0 Å². The Balaban J connectivity index is 2.07. The molecule has 0 radical (unpaired) electrons. The van der Waals surface area contributed by atoms with E-state index in [4.69, 9.17) is 9.47 Å². The molecule has 1 aromatic rings. The van der Waals surface area contributed by atoms with Crippen LogP contribution >= 0.6 is 0 Å². The summed E-state index contributed by atoms with van der Waals surface area (Å²) in [5, 5.41) is 3.32. The monoisotopic (exact) mass is 235 g/mol. The lowest BCUT2D eigenvalue weighted by molar-refractivity contribution is 0.140. The first-order chi connectivity index (χ1) is 8.36. The number of hydrogen-bond donors (Lipinski definition) is 1. The van der Waals surface area contributed by atoms with E-state index < -0.39 is 0 Å². The van der Waals surface area contributed by atoms with Gasteiger partial charge in [0.1, 0.15) is 5.75 Å². The highest BCUT2D eigenvalue weighted by Crippen LogP contribution is 2.10. The van der Waals surface area contributed by atoms with Gasteiger partial charge in [0.05, 0.1) is 20.3 Å². The van der Waals surface area contributed by atoms with Gasteiger partial charge in [-0.1, -0.05) is 18.2 Å². The first kappa shape index (κ1) is 13.7. The Labute approximate surface area is 103 Å². The maximum absolute atomic E-state index is 5.39. The van der Waals surface area contributed by atoms with Crippen LogP contribution in [0.1, 0.15) is 12.0 Å². The third kappa shape index (κ3) is 6.09. The molecule has 0 aromatic heterocycles. The van der Waals surface area contributed by atoms with Crippen molar-refractivity contribution in [3.05, 3.63) is 42.5 Å². The Bertz CT molecular complexity index is 309. The molecule has 0 saturated carbocycles. The van der Waals surface area contributed by atoms with Gasteiger partial charge < -0.3 is 14.8 Å². The van der Waals surface area contributed by atoms with E-state index in [1.165, 1.54) is 5.56 Å². The normalized spacial score (nSPS) is 10.2. The molecule has 3 heteroatoms. The zero-order chi connectivity index (χ0) is 12.3. The topological polar surface area (TPSA) is 30.5 Å². The van der Waals surface area contributed by atoms with Crippen LogP contribution in [0.2, 0.25) is 0 Å². The summed E-state index contributed by atoms with van der Waals surface area (Å²) in [6.07, 6.45) is 2.78. The molecular formula is C14H21NO2. The Kier molecular flexibility index (Phi) is 7.11. The molecule has 1 aromatic carbocycles. The van der Waals surface area contributed by atoms with E-state index >= 15 is 0 Å². The van der Waals surface area contributed by atoms with Crippen molar-refractivity contribution in [1.82, 2.24) is 5.32 Å². The number of ether oxygens (including phenoxy) is 2. The molecule has 0 saturated heterocycles. The molecule has 0 bridgehead atoms. The summed E-state index contributed by atoms with van der Waals surface area (Å²) in [7, 11) is 1.67. The highest BCUT2D eigenvalue weighted by molar-refractivity contribution is 5.26. The molecule has 0 aliphatic heterocycles. The largest absolute Gasteiger partial charge is 0.497 e. The molecule has 0 aliphatic carbocycles. The molecule has 0 aliphatic rings. The molecule has 0 atom stereocenters. The van der Waals surface area contributed by atoms with Crippen LogP contribution in [0.4, 0.5) is 0 Å². The Morgan fingerprint density at radius 2 is 2.00 bits per heavy atom. The van der Waals surface area contributed by atoms with Gasteiger partial charge in [0, 0.05) is 13.1 Å². The van der Waals surface area contributed by atoms with Gasteiger partial charge in [-0.25, -0.2) is 0 Å². The van der Waals surface area contributed by atoms with Crippen LogP contribution in [-0.4, -0.2) is 26.9 Å². The van der Waals surface area contributed by atoms with E-state index in [0.29, 0.717) is 0 Å². The van der Waals surface area contributed by atoms with E-state index in [0.717, 1.165) is 38.5 Å². The maximum atomic E-state index is 5.39. The predicted molar refractivity (Wildman–Crippen MR) is 70.3 cm³/mol. The van der Waals surface area contributed by atoms with Crippen molar-refractivity contribution in [2.45, 2.75) is 13.0 Å². The first-order valence-corrected chi connectivity index (χ1v) is 5.89. The zero-order valence-corrected chi connectivity index (χ0v) is 10.4. The average molecular weight is 235 g/mol. The number of rotatable bonds is 9. The van der Waals surface area contributed by atoms with Gasteiger partial charge in [0.2, 0.25) is 0 Å². The summed E-state index contributed by atoms with van der Waals surface area (Å²) in [5.41, 5.74) is 1.25. The van der Waals surface area contributed by atoms with Crippen molar-refractivity contribution >= 4 is 0 Å². The molecule has 3 nitrogen and oxygen atoms in total. The van der Waals surface area contributed by atoms with Crippen LogP contribution < -0.4 is 10.1 Å². The van der Waals surface area contributed by atoms with Crippen molar-refractivity contribution < 1.29 is 9.47 Å². The fourth-order valence-electron chi connectivity index (χ4n) is 1.39. The van der Waals surface area contributed by atoms with E-state index in [2.05, 4.69) is 24.0 Å². The molecule has 0 spiro atoms. The van der Waals surface area contributed by atoms with Gasteiger partial charge in [-0.05, 0) is 24.1 Å². The quantitative estimate of drug-likeness (QED) is 0.526. The molecule has 0 amide bonds. The minimum atomic E-state index is 0.740. The number of benzene rings is 1. The molecular weight excluding hydrogens is 214 g/mol. The van der Waals surface area contributed by atoms with Crippen molar-refractivity contribution in [2.75, 3.05) is 26.9 Å². The van der Waals surface area contributed by atoms with Crippen LogP contribution in [0, 0.1) is 0 Å². The molecule has 17 heavy (non-hydrogen) atoms. The molecule has 0 heterocycles. The summed E-state index contributed by atoms with van der Waals surface area (Å²) < 4.78 is 10.5. The smallest absolute Gasteiger partial charge is 0.118 e. The van der Waals surface area contributed by atoms with E-state index in [1.807, 2.05) is 18.2 Å². The van der Waals surface area contributed by atoms with Gasteiger partial charge in [0.15, 0.2) is 0 Å². The van der Waals surface area contributed by atoms with E-state index in [9.17, 15) is 0 Å². The standard InChI is InChI=1S/C14H21NO2/c1-3-4-10-17-11-9-15-12-13-5-7-14(16-2)8-6-13/h3,5-8,15H,1,4,9-12H2,2H3. The Morgan fingerprint density at radius 1 is 1.24 bits per heavy atom. The van der Waals surface area contributed by atoms with Crippen molar-refractivity contribution in [3.8, 4) is 5.75 Å². The molecule has 1 rings (SSSR count). The second-order valence-electron chi connectivity index (χ2n) is 3.71. The molecule has 94 valence electrons. The predicted octanol–water partition coefficient (Wildman–Crippen LogP) is 2.38. The van der Waals surface area contributed by atoms with Gasteiger partial charge >= 0.3 is 0 Å². The minimum Gasteiger partial charge on any atom is -0.497 e. The second-order valence-corrected chi connectivity index (χ2v) is 3.71. The summed E-state index contributed by atoms with van der Waals surface area (Å²) in [6, 6.07) is 8.06. The summed E-state index contributed by atoms with van der Waals surface area (Å²) in [6.45, 7) is 6.86. The summed E-state index contributed by atoms with van der Waals surface area (Å²) >= 11 is 0.